The first-order chi connectivity index (χ1) is 13.9. The average molecular weight is 416 g/mol. The van der Waals surface area contributed by atoms with Gasteiger partial charge >= 0.3 is 5.97 Å². The lowest BCUT2D eigenvalue weighted by Crippen LogP contribution is -2.46. The minimum Gasteiger partial charge on any atom is -0.466 e. The number of nitrogens with zero attached hydrogens (tertiary/aromatic N) is 1. The van der Waals surface area contributed by atoms with Gasteiger partial charge in [-0.05, 0) is 49.2 Å². The Morgan fingerprint density at radius 2 is 2.03 bits per heavy atom. The van der Waals surface area contributed by atoms with Crippen LogP contribution in [0.25, 0.3) is 0 Å². The van der Waals surface area contributed by atoms with E-state index in [0.717, 1.165) is 17.7 Å². The van der Waals surface area contributed by atoms with Gasteiger partial charge in [0.2, 0.25) is 5.91 Å². The minimum atomic E-state index is -0.429. The Morgan fingerprint density at radius 1 is 1.31 bits per heavy atom. The molecule has 1 aliphatic heterocycles. The predicted octanol–water partition coefficient (Wildman–Crippen LogP) is 3.90. The molecule has 1 saturated carbocycles. The first-order valence-electron chi connectivity index (χ1n) is 10.1. The van der Waals surface area contributed by atoms with Gasteiger partial charge in [0, 0.05) is 24.9 Å². The lowest BCUT2D eigenvalue weighted by molar-refractivity contribution is -0.136. The standard InChI is InChI=1S/C22H29N3O3S/c1-14-19(21(27)28-3)20(24-22(29)25(14)2)16-9-6-10-17(13-16)23-18(26)12-11-15-7-4-5-8-15/h6,9-10,13,15,20H,4-5,7-8,11-12H2,1-3H3,(H,23,26)(H,24,29). The summed E-state index contributed by atoms with van der Waals surface area (Å²) in [5, 5.41) is 6.73. The van der Waals surface area contributed by atoms with E-state index < -0.39 is 12.0 Å². The molecule has 156 valence electrons. The fourth-order valence-electron chi connectivity index (χ4n) is 4.11. The Labute approximate surface area is 177 Å². The van der Waals surface area contributed by atoms with Gasteiger partial charge in [0.1, 0.15) is 0 Å². The van der Waals surface area contributed by atoms with Crippen LogP contribution in [0.4, 0.5) is 5.69 Å². The number of hydrogen-bond acceptors (Lipinski definition) is 4. The molecule has 3 rings (SSSR count). The second kappa shape index (κ2) is 9.39. The fourth-order valence-corrected chi connectivity index (χ4v) is 4.37. The largest absolute Gasteiger partial charge is 0.466 e. The Bertz CT molecular complexity index is 830. The number of benzene rings is 1. The topological polar surface area (TPSA) is 70.7 Å². The number of ether oxygens (including phenoxy) is 1. The van der Waals surface area contributed by atoms with Gasteiger partial charge in [-0.2, -0.15) is 0 Å². The molecule has 1 amide bonds. The number of hydrogen-bond donors (Lipinski definition) is 2. The number of allylic oxidation sites excluding steroid dienone is 1. The molecule has 0 saturated heterocycles. The van der Waals surface area contributed by atoms with Crippen LogP contribution in [0.2, 0.25) is 0 Å². The van der Waals surface area contributed by atoms with Crippen LogP contribution in [0.3, 0.4) is 0 Å². The summed E-state index contributed by atoms with van der Waals surface area (Å²) in [6.45, 7) is 1.85. The molecule has 2 N–H and O–H groups in total. The van der Waals surface area contributed by atoms with E-state index in [1.807, 2.05) is 38.2 Å². The Balaban J connectivity index is 1.75. The van der Waals surface area contributed by atoms with E-state index in [0.29, 0.717) is 28.7 Å². The van der Waals surface area contributed by atoms with Crippen LogP contribution in [0, 0.1) is 5.92 Å². The molecule has 1 aliphatic carbocycles. The number of thiocarbonyl (C=S) groups is 1. The molecular formula is C22H29N3O3S. The Hall–Kier alpha value is -2.41. The quantitative estimate of drug-likeness (QED) is 0.542. The average Bonchev–Trinajstić information content (AvgIpc) is 3.23. The number of carbonyl (C=O) groups excluding carboxylic acids is 2. The van der Waals surface area contributed by atoms with Crippen molar-refractivity contribution in [1.82, 2.24) is 10.2 Å². The predicted molar refractivity (Wildman–Crippen MR) is 117 cm³/mol. The summed E-state index contributed by atoms with van der Waals surface area (Å²) in [7, 11) is 3.18. The zero-order valence-electron chi connectivity index (χ0n) is 17.3. The third-order valence-electron chi connectivity index (χ3n) is 5.92. The summed E-state index contributed by atoms with van der Waals surface area (Å²) in [6.07, 6.45) is 6.55. The molecular weight excluding hydrogens is 386 g/mol. The molecule has 1 unspecified atom stereocenters. The van der Waals surface area contributed by atoms with Crippen molar-refractivity contribution in [2.24, 2.45) is 5.92 Å². The molecule has 0 radical (unpaired) electrons. The monoisotopic (exact) mass is 415 g/mol. The van der Waals surface area contributed by atoms with Crippen molar-refractivity contribution in [2.75, 3.05) is 19.5 Å². The van der Waals surface area contributed by atoms with Crippen molar-refractivity contribution < 1.29 is 14.3 Å². The third kappa shape index (κ3) is 4.96. The molecule has 0 aromatic heterocycles. The summed E-state index contributed by atoms with van der Waals surface area (Å²) < 4.78 is 4.99. The van der Waals surface area contributed by atoms with Gasteiger partial charge in [0.05, 0.1) is 18.7 Å². The van der Waals surface area contributed by atoms with Crippen LogP contribution in [0.15, 0.2) is 35.5 Å². The van der Waals surface area contributed by atoms with Crippen molar-refractivity contribution in [3.05, 3.63) is 41.1 Å². The summed E-state index contributed by atoms with van der Waals surface area (Å²) in [6, 6.07) is 7.10. The molecule has 0 bridgehead atoms. The van der Waals surface area contributed by atoms with E-state index in [1.54, 1.807) is 4.90 Å². The SMILES string of the molecule is COC(=O)C1=C(C)N(C)C(=S)NC1c1cccc(NC(=O)CCC2CCCC2)c1. The van der Waals surface area contributed by atoms with Crippen LogP contribution in [-0.4, -0.2) is 36.0 Å². The summed E-state index contributed by atoms with van der Waals surface area (Å²) in [5.74, 6) is 0.313. The van der Waals surface area contributed by atoms with Crippen LogP contribution >= 0.6 is 12.2 Å². The van der Waals surface area contributed by atoms with Gasteiger partial charge in [-0.1, -0.05) is 37.8 Å². The van der Waals surface area contributed by atoms with Gasteiger partial charge in [-0.25, -0.2) is 4.79 Å². The highest BCUT2D eigenvalue weighted by atomic mass is 32.1. The van der Waals surface area contributed by atoms with Gasteiger partial charge in [-0.3, -0.25) is 4.79 Å². The van der Waals surface area contributed by atoms with E-state index in [9.17, 15) is 9.59 Å². The zero-order chi connectivity index (χ0) is 21.0. The molecule has 6 nitrogen and oxygen atoms in total. The van der Waals surface area contributed by atoms with Crippen LogP contribution in [0.1, 0.15) is 57.1 Å². The third-order valence-corrected chi connectivity index (χ3v) is 6.31. The van der Waals surface area contributed by atoms with Crippen LogP contribution < -0.4 is 10.6 Å². The maximum Gasteiger partial charge on any atom is 0.337 e. The highest BCUT2D eigenvalue weighted by Gasteiger charge is 2.33. The molecule has 1 atom stereocenters. The van der Waals surface area contributed by atoms with E-state index in [1.165, 1.54) is 32.8 Å². The van der Waals surface area contributed by atoms with Gasteiger partial charge in [-0.15, -0.1) is 0 Å². The number of rotatable bonds is 6. The molecule has 29 heavy (non-hydrogen) atoms. The summed E-state index contributed by atoms with van der Waals surface area (Å²) in [4.78, 5) is 26.6. The van der Waals surface area contributed by atoms with E-state index >= 15 is 0 Å². The smallest absolute Gasteiger partial charge is 0.337 e. The number of carbonyl (C=O) groups is 2. The maximum atomic E-state index is 12.4. The van der Waals surface area contributed by atoms with Crippen molar-refractivity contribution in [2.45, 2.75) is 51.5 Å². The van der Waals surface area contributed by atoms with Gasteiger partial charge in [0.15, 0.2) is 5.11 Å². The molecule has 0 spiro atoms. The molecule has 7 heteroatoms. The molecule has 1 aromatic carbocycles. The number of esters is 1. The molecule has 1 fully saturated rings. The van der Waals surface area contributed by atoms with Crippen molar-refractivity contribution in [3.8, 4) is 0 Å². The normalized spacial score (nSPS) is 19.9. The molecule has 2 aliphatic rings. The zero-order valence-corrected chi connectivity index (χ0v) is 18.1. The Kier molecular flexibility index (Phi) is 6.90. The van der Waals surface area contributed by atoms with Crippen molar-refractivity contribution >= 4 is 34.9 Å². The van der Waals surface area contributed by atoms with Crippen molar-refractivity contribution in [3.63, 3.8) is 0 Å². The van der Waals surface area contributed by atoms with Crippen molar-refractivity contribution in [1.29, 1.82) is 0 Å². The van der Waals surface area contributed by atoms with E-state index in [-0.39, 0.29) is 5.91 Å². The number of amides is 1. The highest BCUT2D eigenvalue weighted by molar-refractivity contribution is 7.80. The van der Waals surface area contributed by atoms with Gasteiger partial charge < -0.3 is 20.3 Å². The highest BCUT2D eigenvalue weighted by Crippen LogP contribution is 2.32. The number of nitrogens with one attached hydrogen (secondary N) is 2. The van der Waals surface area contributed by atoms with E-state index in [4.69, 9.17) is 17.0 Å². The first kappa shape index (κ1) is 21.3. The number of methoxy groups -OCH3 is 1. The first-order valence-corrected chi connectivity index (χ1v) is 10.5. The van der Waals surface area contributed by atoms with Gasteiger partial charge in [0.25, 0.3) is 0 Å². The molecule has 1 aromatic rings. The lowest BCUT2D eigenvalue weighted by Gasteiger charge is -2.35. The second-order valence-electron chi connectivity index (χ2n) is 7.79. The summed E-state index contributed by atoms with van der Waals surface area (Å²) in [5.41, 5.74) is 2.81. The fraction of sp³-hybridized carbons (Fsp3) is 0.500. The van der Waals surface area contributed by atoms with Crippen LogP contribution in [-0.2, 0) is 14.3 Å². The lowest BCUT2D eigenvalue weighted by atomic mass is 9.95. The minimum absolute atomic E-state index is 0.0285. The van der Waals surface area contributed by atoms with Crippen LogP contribution in [0.5, 0.6) is 0 Å². The van der Waals surface area contributed by atoms with E-state index in [2.05, 4.69) is 10.6 Å². The summed E-state index contributed by atoms with van der Waals surface area (Å²) >= 11 is 5.41. The Morgan fingerprint density at radius 3 is 2.72 bits per heavy atom. The number of anilines is 1. The molecule has 1 heterocycles. The maximum absolute atomic E-state index is 12.4. The second-order valence-corrected chi connectivity index (χ2v) is 8.18.